The zero-order valence-corrected chi connectivity index (χ0v) is 12.5. The largest absolute Gasteiger partial charge is 0.392 e. The van der Waals surface area contributed by atoms with Gasteiger partial charge in [-0.3, -0.25) is 4.79 Å². The van der Waals surface area contributed by atoms with Crippen molar-refractivity contribution in [1.29, 1.82) is 0 Å². The first kappa shape index (κ1) is 16.5. The van der Waals surface area contributed by atoms with Crippen molar-refractivity contribution in [1.82, 2.24) is 0 Å². The first-order chi connectivity index (χ1) is 9.28. The highest BCUT2D eigenvalue weighted by Crippen LogP contribution is 2.30. The van der Waals surface area contributed by atoms with Gasteiger partial charge in [0.25, 0.3) is 0 Å². The molecule has 0 saturated heterocycles. The van der Waals surface area contributed by atoms with Gasteiger partial charge in [-0.05, 0) is 31.4 Å². The maximum Gasteiger partial charge on any atom is 0.237 e. The predicted octanol–water partition coefficient (Wildman–Crippen LogP) is 3.30. The molecule has 1 rings (SSSR count). The Labute approximate surface area is 122 Å². The number of carbonyl (C=O) groups excluding carboxylic acids is 1. The van der Waals surface area contributed by atoms with Crippen LogP contribution in [0.5, 0.6) is 0 Å². The highest BCUT2D eigenvalue weighted by Gasteiger charge is 2.38. The van der Waals surface area contributed by atoms with Gasteiger partial charge in [0, 0.05) is 6.07 Å². The Kier molecular flexibility index (Phi) is 5.16. The van der Waals surface area contributed by atoms with E-state index in [0.717, 1.165) is 12.1 Å². The Hall–Kier alpha value is -1.56. The molecule has 0 aromatic heterocycles. The minimum atomic E-state index is -1.05. The molecule has 0 aliphatic heterocycles. The van der Waals surface area contributed by atoms with Gasteiger partial charge in [0.2, 0.25) is 5.91 Å². The molecule has 0 bridgehead atoms. The van der Waals surface area contributed by atoms with Crippen LogP contribution >= 0.6 is 12.2 Å². The van der Waals surface area contributed by atoms with Crippen molar-refractivity contribution in [2.75, 3.05) is 5.32 Å². The Balaban J connectivity index is 3.12. The highest BCUT2D eigenvalue weighted by molar-refractivity contribution is 7.80. The van der Waals surface area contributed by atoms with E-state index in [1.54, 1.807) is 13.8 Å². The first-order valence-electron chi connectivity index (χ1n) is 6.35. The molecule has 0 spiro atoms. The average Bonchev–Trinajstić information content (AvgIpc) is 2.37. The van der Waals surface area contributed by atoms with Crippen LogP contribution < -0.4 is 11.1 Å². The summed E-state index contributed by atoms with van der Waals surface area (Å²) in [5, 5.41) is 2.38. The zero-order valence-electron chi connectivity index (χ0n) is 11.7. The van der Waals surface area contributed by atoms with Crippen LogP contribution in [0.15, 0.2) is 12.1 Å². The Bertz CT molecular complexity index is 542. The lowest BCUT2D eigenvalue weighted by Crippen LogP contribution is -2.45. The van der Waals surface area contributed by atoms with Crippen molar-refractivity contribution in [2.24, 2.45) is 11.1 Å². The van der Waals surface area contributed by atoms with Crippen molar-refractivity contribution < 1.29 is 13.6 Å². The molecular formula is C14H18F2N2OS. The number of nitrogens with one attached hydrogen (secondary N) is 1. The van der Waals surface area contributed by atoms with E-state index in [-0.39, 0.29) is 16.2 Å². The van der Waals surface area contributed by atoms with Crippen molar-refractivity contribution >= 4 is 28.8 Å². The van der Waals surface area contributed by atoms with Gasteiger partial charge in [0.05, 0.1) is 16.1 Å². The molecule has 0 unspecified atom stereocenters. The third-order valence-corrected chi connectivity index (χ3v) is 4.00. The summed E-state index contributed by atoms with van der Waals surface area (Å²) >= 11 is 4.95. The van der Waals surface area contributed by atoms with Crippen molar-refractivity contribution in [3.8, 4) is 0 Å². The summed E-state index contributed by atoms with van der Waals surface area (Å²) in [6.07, 6.45) is 0.779. The summed E-state index contributed by atoms with van der Waals surface area (Å²) in [5.74, 6) is -1.80. The number of hydrogen-bond donors (Lipinski definition) is 2. The molecule has 20 heavy (non-hydrogen) atoms. The molecule has 0 aliphatic carbocycles. The molecular weight excluding hydrogens is 282 g/mol. The lowest BCUT2D eigenvalue weighted by molar-refractivity contribution is -0.122. The molecule has 110 valence electrons. The maximum atomic E-state index is 13.7. The third kappa shape index (κ3) is 2.95. The van der Waals surface area contributed by atoms with Crippen LogP contribution in [0.25, 0.3) is 0 Å². The van der Waals surface area contributed by atoms with Crippen molar-refractivity contribution in [3.05, 3.63) is 29.3 Å². The number of thiocarbonyl (C=S) groups is 1. The van der Waals surface area contributed by atoms with Crippen LogP contribution in [0.3, 0.4) is 0 Å². The Morgan fingerprint density at radius 2 is 1.85 bits per heavy atom. The summed E-state index contributed by atoms with van der Waals surface area (Å²) in [6, 6.07) is 1.99. The first-order valence-corrected chi connectivity index (χ1v) is 6.76. The van der Waals surface area contributed by atoms with E-state index >= 15 is 0 Å². The number of amides is 1. The number of rotatable bonds is 5. The normalized spacial score (nSPS) is 11.2. The van der Waals surface area contributed by atoms with Crippen LogP contribution in [0.2, 0.25) is 0 Å². The topological polar surface area (TPSA) is 55.1 Å². The molecule has 3 nitrogen and oxygen atoms in total. The van der Waals surface area contributed by atoms with Crippen molar-refractivity contribution in [3.63, 3.8) is 0 Å². The smallest absolute Gasteiger partial charge is 0.237 e. The summed E-state index contributed by atoms with van der Waals surface area (Å²) < 4.78 is 27.2. The second-order valence-corrected chi connectivity index (χ2v) is 5.13. The van der Waals surface area contributed by atoms with E-state index in [1.165, 1.54) is 6.92 Å². The van der Waals surface area contributed by atoms with Gasteiger partial charge in [-0.15, -0.1) is 0 Å². The molecule has 0 atom stereocenters. The monoisotopic (exact) mass is 300 g/mol. The molecule has 0 heterocycles. The minimum Gasteiger partial charge on any atom is -0.392 e. The summed E-state index contributed by atoms with van der Waals surface area (Å²) in [7, 11) is 0. The summed E-state index contributed by atoms with van der Waals surface area (Å²) in [5.41, 5.74) is 4.56. The van der Waals surface area contributed by atoms with Gasteiger partial charge in [0.15, 0.2) is 0 Å². The van der Waals surface area contributed by atoms with Crippen LogP contribution in [-0.4, -0.2) is 10.9 Å². The van der Waals surface area contributed by atoms with E-state index in [2.05, 4.69) is 5.32 Å². The van der Waals surface area contributed by atoms with E-state index in [4.69, 9.17) is 18.0 Å². The fraction of sp³-hybridized carbons (Fsp3) is 0.429. The van der Waals surface area contributed by atoms with E-state index in [9.17, 15) is 13.6 Å². The quantitative estimate of drug-likeness (QED) is 0.820. The van der Waals surface area contributed by atoms with E-state index in [0.29, 0.717) is 12.8 Å². The summed E-state index contributed by atoms with van der Waals surface area (Å²) in [6.45, 7) is 4.99. The molecule has 0 aliphatic rings. The van der Waals surface area contributed by atoms with Gasteiger partial charge >= 0.3 is 0 Å². The molecule has 6 heteroatoms. The van der Waals surface area contributed by atoms with Gasteiger partial charge in [-0.1, -0.05) is 26.1 Å². The Morgan fingerprint density at radius 3 is 2.30 bits per heavy atom. The predicted molar refractivity (Wildman–Crippen MR) is 79.5 cm³/mol. The second kappa shape index (κ2) is 6.26. The molecule has 0 saturated carbocycles. The minimum absolute atomic E-state index is 0.0491. The number of hydrogen-bond acceptors (Lipinski definition) is 2. The lowest BCUT2D eigenvalue weighted by atomic mass is 9.81. The molecule has 0 radical (unpaired) electrons. The summed E-state index contributed by atoms with van der Waals surface area (Å²) in [4.78, 5) is 12.4. The fourth-order valence-electron chi connectivity index (χ4n) is 2.02. The molecule has 1 aromatic rings. The van der Waals surface area contributed by atoms with Gasteiger partial charge < -0.3 is 11.1 Å². The highest BCUT2D eigenvalue weighted by atomic mass is 32.1. The zero-order chi connectivity index (χ0) is 15.5. The molecule has 0 fully saturated rings. The number of halogens is 2. The number of aryl methyl sites for hydroxylation is 1. The molecule has 1 aromatic carbocycles. The number of anilines is 1. The van der Waals surface area contributed by atoms with Crippen LogP contribution in [0, 0.1) is 24.0 Å². The van der Waals surface area contributed by atoms with Crippen LogP contribution in [0.4, 0.5) is 14.5 Å². The average molecular weight is 300 g/mol. The number of carbonyl (C=O) groups is 1. The second-order valence-electron chi connectivity index (χ2n) is 4.69. The SMILES string of the molecule is CCC(CC)(C(=O)Nc1cc(F)c(C)cc1F)C(N)=S. The molecule has 3 N–H and O–H groups in total. The lowest BCUT2D eigenvalue weighted by Gasteiger charge is -2.29. The van der Waals surface area contributed by atoms with Crippen LogP contribution in [-0.2, 0) is 4.79 Å². The van der Waals surface area contributed by atoms with E-state index in [1.807, 2.05) is 0 Å². The van der Waals surface area contributed by atoms with E-state index < -0.39 is 23.0 Å². The van der Waals surface area contributed by atoms with Gasteiger partial charge in [-0.2, -0.15) is 0 Å². The number of nitrogens with two attached hydrogens (primary N) is 1. The fourth-order valence-corrected chi connectivity index (χ4v) is 2.40. The third-order valence-electron chi connectivity index (χ3n) is 3.61. The standard InChI is InChI=1S/C14H18F2N2OS/c1-4-14(5-2,12(17)20)13(19)18-11-7-9(15)8(3)6-10(11)16/h6-7H,4-5H2,1-3H3,(H2,17,20)(H,18,19). The van der Waals surface area contributed by atoms with Gasteiger partial charge in [0.1, 0.15) is 11.6 Å². The molecule has 1 amide bonds. The number of benzene rings is 1. The Morgan fingerprint density at radius 1 is 1.30 bits per heavy atom. The van der Waals surface area contributed by atoms with Crippen molar-refractivity contribution in [2.45, 2.75) is 33.6 Å². The van der Waals surface area contributed by atoms with Crippen LogP contribution in [0.1, 0.15) is 32.3 Å². The maximum absolute atomic E-state index is 13.7. The van der Waals surface area contributed by atoms with Gasteiger partial charge in [-0.25, -0.2) is 8.78 Å².